The van der Waals surface area contributed by atoms with Crippen LogP contribution in [0.5, 0.6) is 5.75 Å². The van der Waals surface area contributed by atoms with E-state index >= 15 is 0 Å². The molecule has 0 fully saturated rings. The van der Waals surface area contributed by atoms with Crippen molar-refractivity contribution in [3.8, 4) is 5.75 Å². The third kappa shape index (κ3) is 3.17. The van der Waals surface area contributed by atoms with E-state index in [1.165, 1.54) is 6.07 Å². The predicted molar refractivity (Wildman–Crippen MR) is 67.2 cm³/mol. The first kappa shape index (κ1) is 12.8. The first-order valence-electron chi connectivity index (χ1n) is 5.43. The summed E-state index contributed by atoms with van der Waals surface area (Å²) in [5, 5.41) is 0.371. The van der Waals surface area contributed by atoms with Gasteiger partial charge in [0.25, 0.3) is 0 Å². The lowest BCUT2D eigenvalue weighted by molar-refractivity contribution is 0.294. The number of hydrogen-bond donors (Lipinski definition) is 0. The van der Waals surface area contributed by atoms with Crippen molar-refractivity contribution in [1.29, 1.82) is 0 Å². The van der Waals surface area contributed by atoms with Crippen LogP contribution in [0.3, 0.4) is 0 Å². The number of halogens is 2. The predicted octanol–water partition coefficient (Wildman–Crippen LogP) is 3.46. The summed E-state index contributed by atoms with van der Waals surface area (Å²) >= 11 is 5.81. The molecule has 0 amide bonds. The molecule has 0 saturated heterocycles. The molecule has 0 aliphatic carbocycles. The Morgan fingerprint density at radius 3 is 2.67 bits per heavy atom. The smallest absolute Gasteiger partial charge is 0.167 e. The molecule has 0 saturated carbocycles. The van der Waals surface area contributed by atoms with Crippen LogP contribution in [0.25, 0.3) is 0 Å². The minimum Gasteiger partial charge on any atom is -0.486 e. The van der Waals surface area contributed by atoms with Gasteiger partial charge < -0.3 is 4.74 Å². The van der Waals surface area contributed by atoms with Gasteiger partial charge in [0.15, 0.2) is 5.82 Å². The van der Waals surface area contributed by atoms with Crippen LogP contribution in [0.15, 0.2) is 24.3 Å². The quantitative estimate of drug-likeness (QED) is 0.798. The number of benzene rings is 1. The minimum atomic E-state index is -0.296. The fourth-order valence-corrected chi connectivity index (χ4v) is 1.72. The molecule has 5 heteroatoms. The molecular formula is C13H12ClFN2O. The molecule has 1 heterocycles. The molecule has 0 atom stereocenters. The van der Waals surface area contributed by atoms with E-state index in [1.54, 1.807) is 25.1 Å². The highest BCUT2D eigenvalue weighted by Gasteiger charge is 2.04. The van der Waals surface area contributed by atoms with E-state index in [-0.39, 0.29) is 12.4 Å². The maximum atomic E-state index is 13.3. The molecule has 2 aromatic rings. The van der Waals surface area contributed by atoms with Crippen molar-refractivity contribution >= 4 is 11.6 Å². The largest absolute Gasteiger partial charge is 0.486 e. The van der Waals surface area contributed by atoms with Crippen LogP contribution in [-0.4, -0.2) is 9.97 Å². The van der Waals surface area contributed by atoms with Gasteiger partial charge in [0.05, 0.1) is 0 Å². The number of hydrogen-bond acceptors (Lipinski definition) is 3. The van der Waals surface area contributed by atoms with Gasteiger partial charge in [-0.3, -0.25) is 0 Å². The van der Waals surface area contributed by atoms with E-state index in [0.29, 0.717) is 22.3 Å². The van der Waals surface area contributed by atoms with Crippen LogP contribution in [0.2, 0.25) is 5.15 Å². The summed E-state index contributed by atoms with van der Waals surface area (Å²) in [4.78, 5) is 8.20. The topological polar surface area (TPSA) is 35.0 Å². The number of rotatable bonds is 3. The summed E-state index contributed by atoms with van der Waals surface area (Å²) in [5.41, 5.74) is 1.35. The lowest BCUT2D eigenvalue weighted by Gasteiger charge is -2.07. The second kappa shape index (κ2) is 5.31. The Balaban J connectivity index is 2.08. The molecule has 94 valence electrons. The van der Waals surface area contributed by atoms with Gasteiger partial charge in [0.1, 0.15) is 23.3 Å². The Hall–Kier alpha value is -1.68. The van der Waals surface area contributed by atoms with E-state index in [4.69, 9.17) is 16.3 Å². The second-order valence-electron chi connectivity index (χ2n) is 3.95. The molecule has 0 unspecified atom stereocenters. The standard InChI is InChI=1S/C13H12ClFN2O/c1-8-3-4-10(6-11(8)15)18-7-13-16-9(2)5-12(14)17-13/h3-6H,7H2,1-2H3. The zero-order valence-electron chi connectivity index (χ0n) is 10.1. The maximum absolute atomic E-state index is 13.3. The number of ether oxygens (including phenoxy) is 1. The lowest BCUT2D eigenvalue weighted by atomic mass is 10.2. The van der Waals surface area contributed by atoms with Crippen molar-refractivity contribution in [2.75, 3.05) is 0 Å². The van der Waals surface area contributed by atoms with Gasteiger partial charge in [0.2, 0.25) is 0 Å². The van der Waals surface area contributed by atoms with Crippen LogP contribution < -0.4 is 4.74 Å². The molecule has 0 bridgehead atoms. The van der Waals surface area contributed by atoms with Crippen molar-refractivity contribution in [3.63, 3.8) is 0 Å². The summed E-state index contributed by atoms with van der Waals surface area (Å²) in [6.45, 7) is 3.68. The molecule has 1 aromatic carbocycles. The SMILES string of the molecule is Cc1cc(Cl)nc(COc2ccc(C)c(F)c2)n1. The molecule has 0 spiro atoms. The van der Waals surface area contributed by atoms with E-state index in [9.17, 15) is 4.39 Å². The first-order valence-corrected chi connectivity index (χ1v) is 5.81. The van der Waals surface area contributed by atoms with Gasteiger partial charge in [-0.1, -0.05) is 17.7 Å². The van der Waals surface area contributed by atoms with Crippen LogP contribution >= 0.6 is 11.6 Å². The Kier molecular flexibility index (Phi) is 3.77. The summed E-state index contributed by atoms with van der Waals surface area (Å²) in [6, 6.07) is 6.37. The van der Waals surface area contributed by atoms with E-state index < -0.39 is 0 Å². The molecule has 0 aliphatic rings. The van der Waals surface area contributed by atoms with Crippen LogP contribution in [0.4, 0.5) is 4.39 Å². The Bertz CT molecular complexity index is 555. The average molecular weight is 267 g/mol. The molecule has 2 rings (SSSR count). The van der Waals surface area contributed by atoms with E-state index in [2.05, 4.69) is 9.97 Å². The molecule has 0 N–H and O–H groups in total. The summed E-state index contributed by atoms with van der Waals surface area (Å²) in [6.07, 6.45) is 0. The van der Waals surface area contributed by atoms with Gasteiger partial charge >= 0.3 is 0 Å². The van der Waals surface area contributed by atoms with Crippen molar-refractivity contribution in [3.05, 3.63) is 52.3 Å². The molecule has 0 radical (unpaired) electrons. The highest BCUT2D eigenvalue weighted by Crippen LogP contribution is 2.17. The van der Waals surface area contributed by atoms with Gasteiger partial charge in [-0.25, -0.2) is 14.4 Å². The molecule has 1 aromatic heterocycles. The number of aromatic nitrogens is 2. The van der Waals surface area contributed by atoms with Crippen LogP contribution in [0, 0.1) is 19.7 Å². The zero-order chi connectivity index (χ0) is 13.1. The minimum absolute atomic E-state index is 0.157. The summed E-state index contributed by atoms with van der Waals surface area (Å²) in [7, 11) is 0. The van der Waals surface area contributed by atoms with Gasteiger partial charge in [-0.15, -0.1) is 0 Å². The number of nitrogens with zero attached hydrogens (tertiary/aromatic N) is 2. The first-order chi connectivity index (χ1) is 8.54. The average Bonchev–Trinajstić information content (AvgIpc) is 2.29. The fraction of sp³-hybridized carbons (Fsp3) is 0.231. The Labute approximate surface area is 110 Å². The van der Waals surface area contributed by atoms with Gasteiger partial charge in [-0.2, -0.15) is 0 Å². The van der Waals surface area contributed by atoms with Crippen LogP contribution in [-0.2, 0) is 6.61 Å². The van der Waals surface area contributed by atoms with Crippen molar-refractivity contribution in [2.24, 2.45) is 0 Å². The third-order valence-corrected chi connectivity index (χ3v) is 2.57. The summed E-state index contributed by atoms with van der Waals surface area (Å²) < 4.78 is 18.7. The maximum Gasteiger partial charge on any atom is 0.167 e. The highest BCUT2D eigenvalue weighted by molar-refractivity contribution is 6.29. The lowest BCUT2D eigenvalue weighted by Crippen LogP contribution is -2.03. The normalized spacial score (nSPS) is 10.4. The fourth-order valence-electron chi connectivity index (χ4n) is 1.46. The highest BCUT2D eigenvalue weighted by atomic mass is 35.5. The van der Waals surface area contributed by atoms with E-state index in [0.717, 1.165) is 5.69 Å². The zero-order valence-corrected chi connectivity index (χ0v) is 10.8. The second-order valence-corrected chi connectivity index (χ2v) is 4.34. The van der Waals surface area contributed by atoms with Crippen LogP contribution in [0.1, 0.15) is 17.1 Å². The monoisotopic (exact) mass is 266 g/mol. The van der Waals surface area contributed by atoms with Gasteiger partial charge in [-0.05, 0) is 31.5 Å². The van der Waals surface area contributed by atoms with E-state index in [1.807, 2.05) is 6.92 Å². The van der Waals surface area contributed by atoms with Crippen molar-refractivity contribution < 1.29 is 9.13 Å². The molecular weight excluding hydrogens is 255 g/mol. The summed E-state index contributed by atoms with van der Waals surface area (Å²) in [5.74, 6) is 0.621. The molecule has 3 nitrogen and oxygen atoms in total. The van der Waals surface area contributed by atoms with Crippen molar-refractivity contribution in [2.45, 2.75) is 20.5 Å². The van der Waals surface area contributed by atoms with Gasteiger partial charge in [0, 0.05) is 11.8 Å². The molecule has 0 aliphatic heterocycles. The number of aryl methyl sites for hydroxylation is 2. The molecule has 18 heavy (non-hydrogen) atoms. The Morgan fingerprint density at radius 2 is 2.00 bits per heavy atom. The third-order valence-electron chi connectivity index (χ3n) is 2.38. The Morgan fingerprint density at radius 1 is 1.22 bits per heavy atom. The van der Waals surface area contributed by atoms with Crippen molar-refractivity contribution in [1.82, 2.24) is 9.97 Å².